The number of rotatable bonds is 6. The van der Waals surface area contributed by atoms with Crippen LogP contribution in [-0.4, -0.2) is 30.4 Å². The van der Waals surface area contributed by atoms with E-state index in [4.69, 9.17) is 4.74 Å². The molecular weight excluding hydrogens is 340 g/mol. The molecule has 0 fully saturated rings. The van der Waals surface area contributed by atoms with Gasteiger partial charge in [0.15, 0.2) is 0 Å². The number of methoxy groups -OCH3 is 1. The van der Waals surface area contributed by atoms with Gasteiger partial charge in [0.1, 0.15) is 11.4 Å². The Hall–Kier alpha value is -3.34. The molecule has 27 heavy (non-hydrogen) atoms. The van der Waals surface area contributed by atoms with Crippen LogP contribution < -0.4 is 10.1 Å². The number of carbonyl (C=O) groups is 2. The molecule has 3 rings (SSSR count). The number of imide groups is 1. The lowest BCUT2D eigenvalue weighted by Crippen LogP contribution is -2.32. The van der Waals surface area contributed by atoms with E-state index < -0.39 is 0 Å². The third-order valence-electron chi connectivity index (χ3n) is 4.63. The zero-order valence-corrected chi connectivity index (χ0v) is 15.7. The molecule has 0 aromatic heterocycles. The van der Waals surface area contributed by atoms with Crippen molar-refractivity contribution < 1.29 is 14.3 Å². The van der Waals surface area contributed by atoms with Crippen molar-refractivity contribution in [1.82, 2.24) is 4.90 Å². The summed E-state index contributed by atoms with van der Waals surface area (Å²) in [5.74, 6) is -0.205. The second-order valence-corrected chi connectivity index (χ2v) is 6.38. The molecule has 1 N–H and O–H groups in total. The molecule has 2 aromatic rings. The van der Waals surface area contributed by atoms with Crippen molar-refractivity contribution in [1.29, 1.82) is 0 Å². The van der Waals surface area contributed by atoms with Crippen LogP contribution in [0.1, 0.15) is 16.7 Å². The summed E-state index contributed by atoms with van der Waals surface area (Å²) in [6, 6.07) is 13.0. The van der Waals surface area contributed by atoms with Gasteiger partial charge < -0.3 is 10.1 Å². The molecule has 5 heteroatoms. The Bertz CT molecular complexity index is 960. The molecular formula is C22H22N2O3. The molecule has 1 heterocycles. The van der Waals surface area contributed by atoms with E-state index in [0.29, 0.717) is 16.9 Å². The molecule has 0 unspecified atom stereocenters. The normalized spacial score (nSPS) is 14.0. The van der Waals surface area contributed by atoms with Crippen LogP contribution in [0, 0.1) is 13.8 Å². The van der Waals surface area contributed by atoms with E-state index in [-0.39, 0.29) is 24.1 Å². The van der Waals surface area contributed by atoms with Crippen LogP contribution in [0.25, 0.3) is 5.57 Å². The van der Waals surface area contributed by atoms with Gasteiger partial charge in [0.05, 0.1) is 12.7 Å². The Morgan fingerprint density at radius 2 is 1.81 bits per heavy atom. The third-order valence-corrected chi connectivity index (χ3v) is 4.63. The van der Waals surface area contributed by atoms with Crippen LogP contribution in [-0.2, 0) is 9.59 Å². The molecule has 0 saturated heterocycles. The van der Waals surface area contributed by atoms with E-state index in [1.165, 1.54) is 11.0 Å². The molecule has 2 amide bonds. The first-order chi connectivity index (χ1) is 13.0. The Kier molecular flexibility index (Phi) is 5.12. The first kappa shape index (κ1) is 18.5. The van der Waals surface area contributed by atoms with Crippen molar-refractivity contribution in [3.63, 3.8) is 0 Å². The second-order valence-electron chi connectivity index (χ2n) is 6.38. The van der Waals surface area contributed by atoms with Crippen LogP contribution in [0.15, 0.2) is 60.8 Å². The fourth-order valence-electron chi connectivity index (χ4n) is 3.05. The first-order valence-electron chi connectivity index (χ1n) is 8.67. The number of hydrogen-bond donors (Lipinski definition) is 1. The minimum atomic E-state index is -0.376. The van der Waals surface area contributed by atoms with Crippen molar-refractivity contribution in [2.75, 3.05) is 19.0 Å². The van der Waals surface area contributed by atoms with E-state index in [1.807, 2.05) is 44.2 Å². The topological polar surface area (TPSA) is 58.6 Å². The average molecular weight is 362 g/mol. The summed E-state index contributed by atoms with van der Waals surface area (Å²) in [6.45, 7) is 7.82. The molecule has 1 aliphatic rings. The third kappa shape index (κ3) is 3.36. The Morgan fingerprint density at radius 3 is 2.48 bits per heavy atom. The Morgan fingerprint density at radius 1 is 1.07 bits per heavy atom. The number of anilines is 1. The maximum atomic E-state index is 13.0. The lowest BCUT2D eigenvalue weighted by Gasteiger charge is -2.13. The number of para-hydroxylation sites is 1. The summed E-state index contributed by atoms with van der Waals surface area (Å²) in [6.07, 6.45) is 1.54. The van der Waals surface area contributed by atoms with Crippen LogP contribution >= 0.6 is 0 Å². The molecule has 1 aliphatic heterocycles. The van der Waals surface area contributed by atoms with Gasteiger partial charge in [0.25, 0.3) is 11.8 Å². The first-order valence-corrected chi connectivity index (χ1v) is 8.67. The SMILES string of the molecule is C=CCN1C(=O)C(Nc2ccc(C)c(C)c2)=C(c2ccccc2OC)C1=O. The van der Waals surface area contributed by atoms with Gasteiger partial charge in [0, 0.05) is 17.8 Å². The van der Waals surface area contributed by atoms with E-state index in [0.717, 1.165) is 16.8 Å². The number of carbonyl (C=O) groups excluding carboxylic acids is 2. The van der Waals surface area contributed by atoms with E-state index >= 15 is 0 Å². The fourth-order valence-corrected chi connectivity index (χ4v) is 3.05. The summed E-state index contributed by atoms with van der Waals surface area (Å²) in [4.78, 5) is 27.1. The number of benzene rings is 2. The summed E-state index contributed by atoms with van der Waals surface area (Å²) < 4.78 is 5.41. The zero-order chi connectivity index (χ0) is 19.6. The lowest BCUT2D eigenvalue weighted by molar-refractivity contribution is -0.136. The molecule has 0 saturated carbocycles. The van der Waals surface area contributed by atoms with Crippen LogP contribution in [0.3, 0.4) is 0 Å². The van der Waals surface area contributed by atoms with Gasteiger partial charge in [-0.2, -0.15) is 0 Å². The number of nitrogens with zero attached hydrogens (tertiary/aromatic N) is 1. The predicted molar refractivity (Wildman–Crippen MR) is 106 cm³/mol. The molecule has 0 atom stereocenters. The highest BCUT2D eigenvalue weighted by Crippen LogP contribution is 2.35. The van der Waals surface area contributed by atoms with Gasteiger partial charge >= 0.3 is 0 Å². The number of amides is 2. The Labute approximate surface area is 158 Å². The van der Waals surface area contributed by atoms with Gasteiger partial charge in [-0.1, -0.05) is 30.3 Å². The van der Waals surface area contributed by atoms with Crippen LogP contribution in [0.2, 0.25) is 0 Å². The minimum absolute atomic E-state index is 0.147. The lowest BCUT2D eigenvalue weighted by atomic mass is 10.0. The maximum absolute atomic E-state index is 13.0. The maximum Gasteiger partial charge on any atom is 0.278 e. The second kappa shape index (κ2) is 7.50. The smallest absolute Gasteiger partial charge is 0.278 e. The standard InChI is InChI=1S/C22H22N2O3/c1-5-12-24-21(25)19(17-8-6-7-9-18(17)27-4)20(22(24)26)23-16-11-10-14(2)15(3)13-16/h5-11,13,23H,1,12H2,2-4H3. The summed E-state index contributed by atoms with van der Waals surface area (Å²) in [5, 5.41) is 3.16. The highest BCUT2D eigenvalue weighted by Gasteiger charge is 2.39. The van der Waals surface area contributed by atoms with Crippen LogP contribution in [0.4, 0.5) is 5.69 Å². The molecule has 138 valence electrons. The average Bonchev–Trinajstić information content (AvgIpc) is 2.89. The molecule has 0 bridgehead atoms. The van der Waals surface area contributed by atoms with E-state index in [1.54, 1.807) is 19.2 Å². The quantitative estimate of drug-likeness (QED) is 0.629. The largest absolute Gasteiger partial charge is 0.496 e. The molecule has 0 radical (unpaired) electrons. The summed E-state index contributed by atoms with van der Waals surface area (Å²) in [7, 11) is 1.54. The number of aryl methyl sites for hydroxylation is 2. The van der Waals surface area contributed by atoms with Crippen molar-refractivity contribution in [3.8, 4) is 5.75 Å². The van der Waals surface area contributed by atoms with E-state index in [9.17, 15) is 9.59 Å². The van der Waals surface area contributed by atoms with Crippen molar-refractivity contribution in [2.24, 2.45) is 0 Å². The van der Waals surface area contributed by atoms with Gasteiger partial charge in [-0.15, -0.1) is 6.58 Å². The molecule has 0 aliphatic carbocycles. The predicted octanol–water partition coefficient (Wildman–Crippen LogP) is 3.69. The number of ether oxygens (including phenoxy) is 1. The van der Waals surface area contributed by atoms with Crippen LogP contribution in [0.5, 0.6) is 5.75 Å². The van der Waals surface area contributed by atoms with Gasteiger partial charge in [-0.25, -0.2) is 0 Å². The molecule has 5 nitrogen and oxygen atoms in total. The zero-order valence-electron chi connectivity index (χ0n) is 15.7. The summed E-state index contributed by atoms with van der Waals surface area (Å²) in [5.41, 5.74) is 4.13. The van der Waals surface area contributed by atoms with Crippen molar-refractivity contribution in [3.05, 3.63) is 77.5 Å². The molecule has 0 spiro atoms. The minimum Gasteiger partial charge on any atom is -0.496 e. The van der Waals surface area contributed by atoms with Gasteiger partial charge in [-0.05, 0) is 43.2 Å². The number of nitrogens with one attached hydrogen (secondary N) is 1. The number of hydrogen-bond acceptors (Lipinski definition) is 4. The molecule has 2 aromatic carbocycles. The van der Waals surface area contributed by atoms with Crippen molar-refractivity contribution in [2.45, 2.75) is 13.8 Å². The van der Waals surface area contributed by atoms with Gasteiger partial charge in [-0.3, -0.25) is 14.5 Å². The van der Waals surface area contributed by atoms with Crippen molar-refractivity contribution >= 4 is 23.1 Å². The monoisotopic (exact) mass is 362 g/mol. The fraction of sp³-hybridized carbons (Fsp3) is 0.182. The highest BCUT2D eigenvalue weighted by molar-refractivity contribution is 6.37. The summed E-state index contributed by atoms with van der Waals surface area (Å²) >= 11 is 0. The van der Waals surface area contributed by atoms with E-state index in [2.05, 4.69) is 11.9 Å². The van der Waals surface area contributed by atoms with Gasteiger partial charge in [0.2, 0.25) is 0 Å². The Balaban J connectivity index is 2.14. The highest BCUT2D eigenvalue weighted by atomic mass is 16.5.